The Morgan fingerprint density at radius 1 is 1.11 bits per heavy atom. The van der Waals surface area contributed by atoms with Gasteiger partial charge < -0.3 is 4.90 Å². The summed E-state index contributed by atoms with van der Waals surface area (Å²) in [4.78, 5) is 34.1. The minimum absolute atomic E-state index is 0.00132. The highest BCUT2D eigenvalue weighted by Gasteiger charge is 2.38. The van der Waals surface area contributed by atoms with Crippen molar-refractivity contribution in [1.82, 2.24) is 15.3 Å². The van der Waals surface area contributed by atoms with Gasteiger partial charge in [-0.1, -0.05) is 36.2 Å². The van der Waals surface area contributed by atoms with Crippen LogP contribution in [-0.2, 0) is 15.8 Å². The molecule has 2 heterocycles. The van der Waals surface area contributed by atoms with Gasteiger partial charge in [-0.3, -0.25) is 19.7 Å². The molecule has 3 atom stereocenters. The summed E-state index contributed by atoms with van der Waals surface area (Å²) in [5.41, 5.74) is 2.02. The normalized spacial score (nSPS) is 21.6. The Bertz CT molecular complexity index is 1200. The maximum atomic E-state index is 13.8. The minimum atomic E-state index is -4.41. The molecule has 0 radical (unpaired) electrons. The summed E-state index contributed by atoms with van der Waals surface area (Å²) in [6, 6.07) is 11.3. The lowest BCUT2D eigenvalue weighted by atomic mass is 9.88. The fraction of sp³-hybridized carbons (Fsp3) is 0.429. The molecule has 2 aliphatic rings. The van der Waals surface area contributed by atoms with E-state index in [1.54, 1.807) is 29.2 Å². The number of halogens is 4. The van der Waals surface area contributed by atoms with E-state index in [9.17, 15) is 22.8 Å². The summed E-state index contributed by atoms with van der Waals surface area (Å²) in [6.45, 7) is 4.54. The number of hydrogen-bond donors (Lipinski definition) is 1. The van der Waals surface area contributed by atoms with Gasteiger partial charge in [0, 0.05) is 28.7 Å². The molecule has 6 nitrogen and oxygen atoms in total. The van der Waals surface area contributed by atoms with Crippen LogP contribution < -0.4 is 5.32 Å². The number of hydroxylamine groups is 2. The van der Waals surface area contributed by atoms with Crippen molar-refractivity contribution in [2.45, 2.75) is 51.5 Å². The van der Waals surface area contributed by atoms with Gasteiger partial charge in [0.2, 0.25) is 0 Å². The predicted molar refractivity (Wildman–Crippen MR) is 138 cm³/mol. The lowest BCUT2D eigenvalue weighted by Crippen LogP contribution is -2.55. The zero-order valence-corrected chi connectivity index (χ0v) is 22.3. The number of benzene rings is 2. The number of nitrogens with zero attached hydrogens (tertiary/aromatic N) is 2. The molecule has 2 aliphatic heterocycles. The van der Waals surface area contributed by atoms with Crippen LogP contribution in [0.4, 0.5) is 13.2 Å². The predicted octanol–water partition coefficient (Wildman–Crippen LogP) is 6.00. The molecule has 38 heavy (non-hydrogen) atoms. The van der Waals surface area contributed by atoms with Gasteiger partial charge in [-0.2, -0.15) is 13.2 Å². The van der Waals surface area contributed by atoms with E-state index in [4.69, 9.17) is 16.4 Å². The zero-order chi connectivity index (χ0) is 27.6. The number of nitrogens with one attached hydrogen (secondary N) is 1. The maximum absolute atomic E-state index is 13.8. The quantitative estimate of drug-likeness (QED) is 0.497. The van der Waals surface area contributed by atoms with Gasteiger partial charge in [-0.05, 0) is 74.1 Å². The summed E-state index contributed by atoms with van der Waals surface area (Å²) < 4.78 is 39.0. The topological polar surface area (TPSA) is 61.9 Å². The monoisotopic (exact) mass is 549 g/mol. The largest absolute Gasteiger partial charge is 0.416 e. The first-order valence-corrected chi connectivity index (χ1v) is 12.9. The van der Waals surface area contributed by atoms with Gasteiger partial charge in [-0.15, -0.1) is 0 Å². The Morgan fingerprint density at radius 3 is 2.37 bits per heavy atom. The van der Waals surface area contributed by atoms with Crippen molar-refractivity contribution in [3.63, 3.8) is 0 Å². The Balaban J connectivity index is 1.53. The molecule has 0 saturated carbocycles. The molecule has 10 heteroatoms. The SMILES string of the molecule is CON1C(=O)C2=C(CCC(C)C1NC(C)c1ccc(C(F)(F)F)cc1)CCN(C(=O)c1ccc(Cl)cc1)C2. The van der Waals surface area contributed by atoms with Crippen LogP contribution in [0.5, 0.6) is 0 Å². The summed E-state index contributed by atoms with van der Waals surface area (Å²) in [7, 11) is 1.42. The summed E-state index contributed by atoms with van der Waals surface area (Å²) in [5, 5.41) is 5.22. The number of rotatable bonds is 5. The van der Waals surface area contributed by atoms with Crippen molar-refractivity contribution in [3.05, 3.63) is 81.4 Å². The second-order valence-electron chi connectivity index (χ2n) is 9.85. The maximum Gasteiger partial charge on any atom is 0.416 e. The third-order valence-electron chi connectivity index (χ3n) is 7.34. The van der Waals surface area contributed by atoms with Crippen molar-refractivity contribution in [3.8, 4) is 0 Å². The van der Waals surface area contributed by atoms with Gasteiger partial charge in [0.05, 0.1) is 19.2 Å². The number of amides is 2. The first-order chi connectivity index (χ1) is 18.0. The molecule has 0 saturated heterocycles. The Kier molecular flexibility index (Phi) is 8.49. The lowest BCUT2D eigenvalue weighted by Gasteiger charge is -2.41. The molecule has 0 bridgehead atoms. The Hall–Kier alpha value is -2.88. The molecule has 4 rings (SSSR count). The highest BCUT2D eigenvalue weighted by Crippen LogP contribution is 2.33. The fourth-order valence-corrected chi connectivity index (χ4v) is 5.16. The van der Waals surface area contributed by atoms with Crippen LogP contribution in [0.2, 0.25) is 5.02 Å². The second-order valence-corrected chi connectivity index (χ2v) is 10.3. The zero-order valence-electron chi connectivity index (χ0n) is 21.5. The Morgan fingerprint density at radius 2 is 1.76 bits per heavy atom. The van der Waals surface area contributed by atoms with Gasteiger partial charge in [-0.25, -0.2) is 5.06 Å². The van der Waals surface area contributed by atoms with E-state index in [0.29, 0.717) is 34.7 Å². The van der Waals surface area contributed by atoms with Crippen LogP contribution in [-0.4, -0.2) is 48.1 Å². The standard InChI is InChI=1S/C28H31ClF3N3O3/c1-17-4-5-20-14-15-34(26(36)21-8-12-23(29)13-9-21)16-24(20)27(37)35(38-3)25(17)33-18(2)19-6-10-22(11-7-19)28(30,31)32/h6-13,17-18,25,33H,4-5,14-16H2,1-3H3. The molecule has 0 aliphatic carbocycles. The molecule has 0 fully saturated rings. The van der Waals surface area contributed by atoms with Gasteiger partial charge in [0.25, 0.3) is 11.8 Å². The second kappa shape index (κ2) is 11.5. The molecule has 0 spiro atoms. The van der Waals surface area contributed by atoms with Gasteiger partial charge in [0.15, 0.2) is 0 Å². The van der Waals surface area contributed by atoms with Crippen molar-refractivity contribution in [2.75, 3.05) is 20.2 Å². The summed E-state index contributed by atoms with van der Waals surface area (Å²) in [6.07, 6.45) is -2.84. The van der Waals surface area contributed by atoms with Gasteiger partial charge >= 0.3 is 6.18 Å². The molecule has 3 unspecified atom stereocenters. The third-order valence-corrected chi connectivity index (χ3v) is 7.60. The summed E-state index contributed by atoms with van der Waals surface area (Å²) >= 11 is 5.96. The summed E-state index contributed by atoms with van der Waals surface area (Å²) in [5.74, 6) is -0.496. The smallest absolute Gasteiger partial charge is 0.334 e. The van der Waals surface area contributed by atoms with E-state index in [2.05, 4.69) is 5.32 Å². The third kappa shape index (κ3) is 6.06. The van der Waals surface area contributed by atoms with E-state index >= 15 is 0 Å². The molecule has 1 N–H and O–H groups in total. The fourth-order valence-electron chi connectivity index (χ4n) is 5.04. The number of carbonyl (C=O) groups is 2. The van der Waals surface area contributed by atoms with Crippen LogP contribution in [0.15, 0.2) is 59.7 Å². The van der Waals surface area contributed by atoms with Crippen LogP contribution in [0.1, 0.15) is 60.6 Å². The van der Waals surface area contributed by atoms with Crippen LogP contribution in [0, 0.1) is 5.92 Å². The minimum Gasteiger partial charge on any atom is -0.334 e. The highest BCUT2D eigenvalue weighted by molar-refractivity contribution is 6.30. The van der Waals surface area contributed by atoms with Crippen molar-refractivity contribution in [2.24, 2.45) is 5.92 Å². The number of hydrogen-bond acceptors (Lipinski definition) is 4. The van der Waals surface area contributed by atoms with Gasteiger partial charge in [0.1, 0.15) is 6.17 Å². The Labute approximate surface area is 225 Å². The van der Waals surface area contributed by atoms with Crippen LogP contribution in [0.25, 0.3) is 0 Å². The lowest BCUT2D eigenvalue weighted by molar-refractivity contribution is -0.196. The van der Waals surface area contributed by atoms with Crippen LogP contribution >= 0.6 is 11.6 Å². The van der Waals surface area contributed by atoms with Crippen LogP contribution in [0.3, 0.4) is 0 Å². The highest BCUT2D eigenvalue weighted by atomic mass is 35.5. The van der Waals surface area contributed by atoms with E-state index < -0.39 is 17.9 Å². The first-order valence-electron chi connectivity index (χ1n) is 12.6. The average Bonchev–Trinajstić information content (AvgIpc) is 2.90. The molecular formula is C28H31ClF3N3O3. The van der Waals surface area contributed by atoms with Crippen molar-refractivity contribution in [1.29, 1.82) is 0 Å². The van der Waals surface area contributed by atoms with Crippen molar-refractivity contribution < 1.29 is 27.6 Å². The number of carbonyl (C=O) groups excluding carboxylic acids is 2. The molecule has 204 valence electrons. The molecular weight excluding hydrogens is 519 g/mol. The number of alkyl halides is 3. The average molecular weight is 550 g/mol. The molecule has 2 aromatic rings. The molecule has 2 aromatic carbocycles. The van der Waals surface area contributed by atoms with Crippen molar-refractivity contribution >= 4 is 23.4 Å². The first kappa shape index (κ1) is 28.1. The van der Waals surface area contributed by atoms with E-state index in [-0.39, 0.29) is 30.3 Å². The molecule has 2 amide bonds. The van der Waals surface area contributed by atoms with E-state index in [0.717, 1.165) is 30.5 Å². The van der Waals surface area contributed by atoms with E-state index in [1.165, 1.54) is 24.3 Å². The van der Waals surface area contributed by atoms with E-state index in [1.807, 2.05) is 13.8 Å². The molecule has 0 aromatic heterocycles.